The van der Waals surface area contributed by atoms with Crippen LogP contribution in [0, 0.1) is 0 Å². The Kier molecular flexibility index (Phi) is 6.43. The lowest BCUT2D eigenvalue weighted by atomic mass is 10.1. The molecule has 1 fully saturated rings. The molecule has 0 spiro atoms. The second-order valence-electron chi connectivity index (χ2n) is 7.42. The van der Waals surface area contributed by atoms with Crippen LogP contribution < -0.4 is 10.1 Å². The minimum Gasteiger partial charge on any atom is -0.497 e. The van der Waals surface area contributed by atoms with Crippen molar-refractivity contribution < 1.29 is 17.9 Å². The third kappa shape index (κ3) is 4.46. The number of urea groups is 1. The van der Waals surface area contributed by atoms with Crippen molar-refractivity contribution in [3.05, 3.63) is 90.5 Å². The van der Waals surface area contributed by atoms with Crippen LogP contribution in [0.5, 0.6) is 5.75 Å². The number of rotatable bonds is 5. The van der Waals surface area contributed by atoms with Crippen molar-refractivity contribution in [2.24, 2.45) is 0 Å². The van der Waals surface area contributed by atoms with Crippen molar-refractivity contribution in [1.82, 2.24) is 9.21 Å². The van der Waals surface area contributed by atoms with Crippen molar-refractivity contribution in [2.45, 2.75) is 17.5 Å². The zero-order valence-electron chi connectivity index (χ0n) is 17.7. The molecular formula is C24H25N3O4S. The van der Waals surface area contributed by atoms with E-state index in [2.05, 4.69) is 5.32 Å². The van der Waals surface area contributed by atoms with Crippen LogP contribution >= 0.6 is 0 Å². The second-order valence-corrected chi connectivity index (χ2v) is 9.31. The monoisotopic (exact) mass is 451 g/mol. The van der Waals surface area contributed by atoms with Gasteiger partial charge in [0, 0.05) is 18.8 Å². The Balaban J connectivity index is 1.74. The molecule has 3 aromatic rings. The van der Waals surface area contributed by atoms with Gasteiger partial charge < -0.3 is 15.0 Å². The number of methoxy groups -OCH3 is 1. The molecular weight excluding hydrogens is 426 g/mol. The van der Waals surface area contributed by atoms with Gasteiger partial charge in [-0.1, -0.05) is 48.5 Å². The standard InChI is InChI=1S/C24H25N3O4S/c1-31-21-15-13-19(14-16-21)23-26(24(28)25-20-9-4-2-5-10-20)17-8-18-27(23)32(29,30)22-11-6-3-7-12-22/h2-7,9-16,23H,8,17-18H2,1H3,(H,25,28). The first-order valence-electron chi connectivity index (χ1n) is 10.3. The summed E-state index contributed by atoms with van der Waals surface area (Å²) in [6.07, 6.45) is -0.260. The number of benzene rings is 3. The van der Waals surface area contributed by atoms with Crippen molar-refractivity contribution >= 4 is 21.7 Å². The number of amides is 2. The minimum absolute atomic E-state index is 0.198. The number of ether oxygens (including phenoxy) is 1. The fourth-order valence-corrected chi connectivity index (χ4v) is 5.47. The van der Waals surface area contributed by atoms with E-state index in [0.717, 1.165) is 0 Å². The summed E-state index contributed by atoms with van der Waals surface area (Å²) in [7, 11) is -2.26. The molecule has 3 aromatic carbocycles. The number of carbonyl (C=O) groups is 1. The Morgan fingerprint density at radius 2 is 1.53 bits per heavy atom. The highest BCUT2D eigenvalue weighted by Crippen LogP contribution is 2.35. The van der Waals surface area contributed by atoms with Crippen LogP contribution in [0.2, 0.25) is 0 Å². The van der Waals surface area contributed by atoms with Gasteiger partial charge in [-0.05, 0) is 48.4 Å². The van der Waals surface area contributed by atoms with Crippen LogP contribution in [0.1, 0.15) is 18.2 Å². The van der Waals surface area contributed by atoms with E-state index in [9.17, 15) is 13.2 Å². The predicted octanol–water partition coefficient (Wildman–Crippen LogP) is 4.32. The summed E-state index contributed by atoms with van der Waals surface area (Å²) < 4.78 is 33.8. The Hall–Kier alpha value is -3.36. The SMILES string of the molecule is COc1ccc(C2N(C(=O)Nc3ccccc3)CCCN2S(=O)(=O)c2ccccc2)cc1. The van der Waals surface area contributed by atoms with Crippen molar-refractivity contribution in [2.75, 3.05) is 25.5 Å². The number of hydrogen-bond donors (Lipinski definition) is 1. The lowest BCUT2D eigenvalue weighted by Gasteiger charge is -2.43. The van der Waals surface area contributed by atoms with Gasteiger partial charge >= 0.3 is 6.03 Å². The molecule has 32 heavy (non-hydrogen) atoms. The Morgan fingerprint density at radius 1 is 0.906 bits per heavy atom. The first-order valence-corrected chi connectivity index (χ1v) is 11.8. The molecule has 0 saturated carbocycles. The summed E-state index contributed by atoms with van der Waals surface area (Å²) in [4.78, 5) is 15.0. The van der Waals surface area contributed by atoms with Gasteiger partial charge in [0.2, 0.25) is 10.0 Å². The molecule has 0 radical (unpaired) electrons. The Labute approximate surface area is 188 Å². The molecule has 1 unspecified atom stereocenters. The molecule has 0 aromatic heterocycles. The number of nitrogens with one attached hydrogen (secondary N) is 1. The van der Waals surface area contributed by atoms with Gasteiger partial charge in [0.05, 0.1) is 12.0 Å². The number of nitrogens with zero attached hydrogens (tertiary/aromatic N) is 2. The van der Waals surface area contributed by atoms with Crippen molar-refractivity contribution in [1.29, 1.82) is 0 Å². The summed E-state index contributed by atoms with van der Waals surface area (Å²) in [6.45, 7) is 0.735. The summed E-state index contributed by atoms with van der Waals surface area (Å²) in [5, 5.41) is 2.89. The van der Waals surface area contributed by atoms with Crippen LogP contribution in [-0.2, 0) is 10.0 Å². The maximum Gasteiger partial charge on any atom is 0.323 e. The smallest absolute Gasteiger partial charge is 0.323 e. The number of hydrogen-bond acceptors (Lipinski definition) is 4. The van der Waals surface area contributed by atoms with Gasteiger partial charge in [-0.2, -0.15) is 4.31 Å². The van der Waals surface area contributed by atoms with Gasteiger partial charge in [-0.3, -0.25) is 0 Å². The lowest BCUT2D eigenvalue weighted by molar-refractivity contribution is 0.0924. The summed E-state index contributed by atoms with van der Waals surface area (Å²) in [6, 6.07) is 24.2. The van der Waals surface area contributed by atoms with Gasteiger partial charge in [-0.25, -0.2) is 13.2 Å². The minimum atomic E-state index is -3.83. The first-order chi connectivity index (χ1) is 15.5. The zero-order chi connectivity index (χ0) is 22.6. The fourth-order valence-electron chi connectivity index (χ4n) is 3.83. The van der Waals surface area contributed by atoms with E-state index < -0.39 is 16.2 Å². The maximum atomic E-state index is 13.6. The Morgan fingerprint density at radius 3 is 2.16 bits per heavy atom. The van der Waals surface area contributed by atoms with E-state index in [1.165, 1.54) is 4.31 Å². The van der Waals surface area contributed by atoms with E-state index in [1.807, 2.05) is 18.2 Å². The van der Waals surface area contributed by atoms with Crippen LogP contribution in [-0.4, -0.2) is 43.9 Å². The largest absolute Gasteiger partial charge is 0.497 e. The molecule has 1 atom stereocenters. The quantitative estimate of drug-likeness (QED) is 0.627. The fraction of sp³-hybridized carbons (Fsp3) is 0.208. The zero-order valence-corrected chi connectivity index (χ0v) is 18.5. The molecule has 8 heteroatoms. The van der Waals surface area contributed by atoms with Gasteiger partial charge in [0.25, 0.3) is 0 Å². The van der Waals surface area contributed by atoms with Crippen LogP contribution in [0.4, 0.5) is 10.5 Å². The van der Waals surface area contributed by atoms with Crippen molar-refractivity contribution in [3.8, 4) is 5.75 Å². The molecule has 1 N–H and O–H groups in total. The molecule has 1 heterocycles. The van der Waals surface area contributed by atoms with E-state index in [-0.39, 0.29) is 10.9 Å². The predicted molar refractivity (Wildman–Crippen MR) is 123 cm³/mol. The lowest BCUT2D eigenvalue weighted by Crippen LogP contribution is -2.53. The van der Waals surface area contributed by atoms with Crippen LogP contribution in [0.25, 0.3) is 0 Å². The number of sulfonamides is 1. The Bertz CT molecular complexity index is 1150. The molecule has 166 valence electrons. The van der Waals surface area contributed by atoms with E-state index in [0.29, 0.717) is 36.5 Å². The third-order valence-electron chi connectivity index (χ3n) is 5.40. The van der Waals surface area contributed by atoms with E-state index in [1.54, 1.807) is 78.7 Å². The summed E-state index contributed by atoms with van der Waals surface area (Å²) >= 11 is 0. The highest BCUT2D eigenvalue weighted by molar-refractivity contribution is 7.89. The highest BCUT2D eigenvalue weighted by Gasteiger charge is 2.40. The molecule has 7 nitrogen and oxygen atoms in total. The third-order valence-corrected chi connectivity index (χ3v) is 7.26. The first kappa shape index (κ1) is 21.9. The molecule has 1 aliphatic rings. The molecule has 4 rings (SSSR count). The maximum absolute atomic E-state index is 13.6. The number of anilines is 1. The molecule has 2 amide bonds. The number of para-hydroxylation sites is 1. The normalized spacial score (nSPS) is 17.0. The second kappa shape index (κ2) is 9.42. The van der Waals surface area contributed by atoms with Gasteiger partial charge in [0.1, 0.15) is 11.9 Å². The van der Waals surface area contributed by atoms with E-state index >= 15 is 0 Å². The van der Waals surface area contributed by atoms with E-state index in [4.69, 9.17) is 4.74 Å². The topological polar surface area (TPSA) is 79.0 Å². The summed E-state index contributed by atoms with van der Waals surface area (Å²) in [5.74, 6) is 0.655. The number of carbonyl (C=O) groups excluding carboxylic acids is 1. The van der Waals surface area contributed by atoms with Crippen molar-refractivity contribution in [3.63, 3.8) is 0 Å². The highest BCUT2D eigenvalue weighted by atomic mass is 32.2. The molecule has 0 aliphatic carbocycles. The molecule has 1 saturated heterocycles. The van der Waals surface area contributed by atoms with Crippen LogP contribution in [0.15, 0.2) is 89.8 Å². The molecule has 0 bridgehead atoms. The summed E-state index contributed by atoms with van der Waals surface area (Å²) in [5.41, 5.74) is 1.34. The van der Waals surface area contributed by atoms with Crippen LogP contribution in [0.3, 0.4) is 0 Å². The van der Waals surface area contributed by atoms with Gasteiger partial charge in [0.15, 0.2) is 0 Å². The van der Waals surface area contributed by atoms with Gasteiger partial charge in [-0.15, -0.1) is 0 Å². The average Bonchev–Trinajstić information content (AvgIpc) is 2.85. The average molecular weight is 452 g/mol. The molecule has 1 aliphatic heterocycles.